The maximum Gasteiger partial charge on any atom is 0.253 e. The van der Waals surface area contributed by atoms with Gasteiger partial charge < -0.3 is 10.2 Å². The normalized spacial score (nSPS) is 18.5. The van der Waals surface area contributed by atoms with Crippen molar-refractivity contribution >= 4 is 27.5 Å². The fraction of sp³-hybridized carbons (Fsp3) is 0.480. The van der Waals surface area contributed by atoms with Crippen LogP contribution in [-0.4, -0.2) is 56.8 Å². The minimum Gasteiger partial charge on any atom is -0.345 e. The molecule has 0 radical (unpaired) electrons. The maximum atomic E-state index is 13.2. The van der Waals surface area contributed by atoms with Gasteiger partial charge in [0.2, 0.25) is 10.0 Å². The Kier molecular flexibility index (Phi) is 7.43. The number of nitrogens with one attached hydrogen (secondary N) is 1. The summed E-state index contributed by atoms with van der Waals surface area (Å²) in [5.41, 5.74) is 4.02. The van der Waals surface area contributed by atoms with E-state index in [2.05, 4.69) is 28.4 Å². The number of nitrogens with zero attached hydrogens (tertiary/aromatic N) is 2. The Balaban J connectivity index is 1.55. The number of benzene rings is 2. The topological polar surface area (TPSA) is 69.7 Å². The van der Waals surface area contributed by atoms with Crippen molar-refractivity contribution in [3.63, 3.8) is 0 Å². The fourth-order valence-electron chi connectivity index (χ4n) is 4.64. The fourth-order valence-corrected chi connectivity index (χ4v) is 6.30. The number of halogens is 1. The second-order valence-corrected chi connectivity index (χ2v) is 11.4. The van der Waals surface area contributed by atoms with Crippen molar-refractivity contribution in [1.82, 2.24) is 14.5 Å². The van der Waals surface area contributed by atoms with E-state index in [1.54, 1.807) is 0 Å². The number of hydrogen-bond acceptors (Lipinski definition) is 4. The highest BCUT2D eigenvalue weighted by Crippen LogP contribution is 2.28. The Hall–Kier alpha value is -1.93. The minimum absolute atomic E-state index is 0.100. The zero-order valence-electron chi connectivity index (χ0n) is 19.3. The molecule has 2 aliphatic rings. The van der Waals surface area contributed by atoms with Crippen LogP contribution in [0.4, 0.5) is 0 Å². The van der Waals surface area contributed by atoms with Gasteiger partial charge in [-0.05, 0) is 74.0 Å². The highest BCUT2D eigenvalue weighted by atomic mass is 35.5. The van der Waals surface area contributed by atoms with Gasteiger partial charge in [-0.15, -0.1) is 0 Å². The molecule has 1 fully saturated rings. The monoisotopic (exact) mass is 489 g/mol. The molecule has 1 amide bonds. The van der Waals surface area contributed by atoms with Crippen LogP contribution in [0.25, 0.3) is 0 Å². The van der Waals surface area contributed by atoms with Crippen LogP contribution in [0.3, 0.4) is 0 Å². The van der Waals surface area contributed by atoms with Gasteiger partial charge in [-0.1, -0.05) is 36.7 Å². The van der Waals surface area contributed by atoms with Crippen LogP contribution in [0.5, 0.6) is 0 Å². The maximum absolute atomic E-state index is 13.2. The summed E-state index contributed by atoms with van der Waals surface area (Å²) in [6, 6.07) is 10.7. The predicted octanol–water partition coefficient (Wildman–Crippen LogP) is 4.04. The summed E-state index contributed by atoms with van der Waals surface area (Å²) in [6.07, 6.45) is 5.34. The van der Waals surface area contributed by atoms with Gasteiger partial charge in [-0.3, -0.25) is 4.79 Å². The van der Waals surface area contributed by atoms with E-state index in [4.69, 9.17) is 11.6 Å². The van der Waals surface area contributed by atoms with E-state index in [0.717, 1.165) is 24.8 Å². The van der Waals surface area contributed by atoms with Gasteiger partial charge in [0.25, 0.3) is 5.91 Å². The molecule has 178 valence electrons. The molecule has 6 nitrogen and oxygen atoms in total. The van der Waals surface area contributed by atoms with Crippen molar-refractivity contribution in [3.05, 3.63) is 63.7 Å². The third-order valence-electron chi connectivity index (χ3n) is 6.77. The quantitative estimate of drug-likeness (QED) is 0.665. The standard InChI is InChI=1S/C25H32ClN3O3S/c1-3-24(20-9-8-18-6-4-5-7-19(18)16-20)27-25(30)22-17-21(10-11-23(22)26)33(31,32)29-14-12-28(2)13-15-29/h8-11,16-17,24H,3-7,12-15H2,1-2H3,(H,27,30). The summed E-state index contributed by atoms with van der Waals surface area (Å²) in [6.45, 7) is 4.25. The Labute approximate surface area is 202 Å². The molecule has 0 bridgehead atoms. The summed E-state index contributed by atoms with van der Waals surface area (Å²) in [5, 5.41) is 3.31. The van der Waals surface area contributed by atoms with Gasteiger partial charge in [0.05, 0.1) is 21.5 Å². The second kappa shape index (κ2) is 10.1. The smallest absolute Gasteiger partial charge is 0.253 e. The third-order valence-corrected chi connectivity index (χ3v) is 9.00. The van der Waals surface area contributed by atoms with E-state index in [9.17, 15) is 13.2 Å². The summed E-state index contributed by atoms with van der Waals surface area (Å²) in [4.78, 5) is 15.4. The Morgan fingerprint density at radius 1 is 1.03 bits per heavy atom. The molecule has 0 saturated carbocycles. The van der Waals surface area contributed by atoms with Gasteiger partial charge >= 0.3 is 0 Å². The number of amides is 1. The summed E-state index contributed by atoms with van der Waals surface area (Å²) >= 11 is 6.34. The van der Waals surface area contributed by atoms with E-state index < -0.39 is 10.0 Å². The van der Waals surface area contributed by atoms with E-state index in [1.165, 1.54) is 46.5 Å². The molecule has 1 unspecified atom stereocenters. The molecular weight excluding hydrogens is 458 g/mol. The lowest BCUT2D eigenvalue weighted by Gasteiger charge is -2.31. The highest BCUT2D eigenvalue weighted by Gasteiger charge is 2.29. The van der Waals surface area contributed by atoms with Crippen molar-refractivity contribution in [3.8, 4) is 0 Å². The number of rotatable bonds is 6. The minimum atomic E-state index is -3.69. The zero-order chi connectivity index (χ0) is 23.6. The lowest BCUT2D eigenvalue weighted by atomic mass is 9.88. The molecule has 33 heavy (non-hydrogen) atoms. The SMILES string of the molecule is CCC(NC(=O)c1cc(S(=O)(=O)N2CCN(C)CC2)ccc1Cl)c1ccc2c(c1)CCCC2. The number of hydrogen-bond donors (Lipinski definition) is 1. The molecular formula is C25H32ClN3O3S. The Bertz CT molecular complexity index is 1130. The number of carbonyl (C=O) groups excluding carboxylic acids is 1. The molecule has 1 saturated heterocycles. The molecule has 1 heterocycles. The number of piperazine rings is 1. The number of likely N-dealkylation sites (N-methyl/N-ethyl adjacent to an activating group) is 1. The van der Waals surface area contributed by atoms with Crippen molar-refractivity contribution in [1.29, 1.82) is 0 Å². The number of aryl methyl sites for hydroxylation is 2. The first kappa shape index (κ1) is 24.2. The second-order valence-electron chi connectivity index (χ2n) is 9.02. The van der Waals surface area contributed by atoms with Crippen LogP contribution in [0.15, 0.2) is 41.3 Å². The molecule has 2 aromatic carbocycles. The number of fused-ring (bicyclic) bond motifs is 1. The predicted molar refractivity (Wildman–Crippen MR) is 131 cm³/mol. The number of carbonyl (C=O) groups is 1. The van der Waals surface area contributed by atoms with Crippen LogP contribution in [-0.2, 0) is 22.9 Å². The largest absolute Gasteiger partial charge is 0.345 e. The van der Waals surface area contributed by atoms with Crippen LogP contribution in [0.1, 0.15) is 59.3 Å². The summed E-state index contributed by atoms with van der Waals surface area (Å²) < 4.78 is 27.8. The molecule has 8 heteroatoms. The molecule has 1 aliphatic heterocycles. The Morgan fingerprint density at radius 2 is 1.73 bits per heavy atom. The third kappa shape index (κ3) is 5.27. The average Bonchev–Trinajstić information content (AvgIpc) is 2.82. The van der Waals surface area contributed by atoms with Crippen LogP contribution in [0.2, 0.25) is 5.02 Å². The van der Waals surface area contributed by atoms with Crippen molar-refractivity contribution in [2.45, 2.75) is 50.0 Å². The zero-order valence-corrected chi connectivity index (χ0v) is 20.9. The summed E-state index contributed by atoms with van der Waals surface area (Å²) in [7, 11) is -1.71. The molecule has 1 atom stereocenters. The summed E-state index contributed by atoms with van der Waals surface area (Å²) in [5.74, 6) is -0.361. The van der Waals surface area contributed by atoms with Gasteiger partial charge in [0, 0.05) is 26.2 Å². The van der Waals surface area contributed by atoms with Crippen molar-refractivity contribution in [2.24, 2.45) is 0 Å². The first-order valence-corrected chi connectivity index (χ1v) is 13.5. The molecule has 0 aromatic heterocycles. The molecule has 4 rings (SSSR count). The first-order valence-electron chi connectivity index (χ1n) is 11.7. The molecule has 1 N–H and O–H groups in total. The lowest BCUT2D eigenvalue weighted by Crippen LogP contribution is -2.47. The van der Waals surface area contributed by atoms with E-state index >= 15 is 0 Å². The van der Waals surface area contributed by atoms with E-state index in [0.29, 0.717) is 26.2 Å². The average molecular weight is 490 g/mol. The van der Waals surface area contributed by atoms with Gasteiger partial charge in [-0.2, -0.15) is 4.31 Å². The van der Waals surface area contributed by atoms with Crippen LogP contribution < -0.4 is 5.32 Å². The van der Waals surface area contributed by atoms with Crippen molar-refractivity contribution in [2.75, 3.05) is 33.2 Å². The van der Waals surface area contributed by atoms with Crippen LogP contribution in [0, 0.1) is 0 Å². The van der Waals surface area contributed by atoms with E-state index in [-0.39, 0.29) is 27.4 Å². The van der Waals surface area contributed by atoms with Gasteiger partial charge in [0.15, 0.2) is 0 Å². The first-order chi connectivity index (χ1) is 15.8. The van der Waals surface area contributed by atoms with Gasteiger partial charge in [-0.25, -0.2) is 8.42 Å². The van der Waals surface area contributed by atoms with Crippen LogP contribution >= 0.6 is 11.6 Å². The number of sulfonamides is 1. The lowest BCUT2D eigenvalue weighted by molar-refractivity contribution is 0.0935. The molecule has 2 aromatic rings. The molecule has 1 aliphatic carbocycles. The molecule has 0 spiro atoms. The van der Waals surface area contributed by atoms with Crippen molar-refractivity contribution < 1.29 is 13.2 Å². The Morgan fingerprint density at radius 3 is 2.42 bits per heavy atom. The highest BCUT2D eigenvalue weighted by molar-refractivity contribution is 7.89. The van der Waals surface area contributed by atoms with Gasteiger partial charge in [0.1, 0.15) is 0 Å². The van der Waals surface area contributed by atoms with E-state index in [1.807, 2.05) is 14.0 Å².